The van der Waals surface area contributed by atoms with Crippen molar-refractivity contribution in [3.8, 4) is 0 Å². The minimum absolute atomic E-state index is 0.307. The van der Waals surface area contributed by atoms with Crippen LogP contribution in [0.1, 0.15) is 40.0 Å². The lowest BCUT2D eigenvalue weighted by molar-refractivity contribution is 0.0513. The highest BCUT2D eigenvalue weighted by molar-refractivity contribution is 4.64. The van der Waals surface area contributed by atoms with Crippen molar-refractivity contribution >= 4 is 0 Å². The molecule has 2 nitrogen and oxygen atoms in total. The fraction of sp³-hybridized carbons (Fsp3) is 1.00. The van der Waals surface area contributed by atoms with E-state index < -0.39 is 0 Å². The van der Waals surface area contributed by atoms with Crippen molar-refractivity contribution in [1.29, 1.82) is 0 Å². The Morgan fingerprint density at radius 1 is 1.07 bits per heavy atom. The predicted molar refractivity (Wildman–Crippen MR) is 60.6 cm³/mol. The third kappa shape index (κ3) is 5.61. The average Bonchev–Trinajstić information content (AvgIpc) is 2.13. The van der Waals surface area contributed by atoms with Crippen molar-refractivity contribution in [2.45, 2.75) is 40.0 Å². The lowest BCUT2D eigenvalue weighted by Crippen LogP contribution is -2.33. The van der Waals surface area contributed by atoms with Crippen LogP contribution in [0.2, 0.25) is 0 Å². The monoisotopic (exact) mass is 199 g/mol. The quantitative estimate of drug-likeness (QED) is 0.645. The number of piperidine rings is 1. The molecule has 0 aromatic carbocycles. The van der Waals surface area contributed by atoms with Crippen molar-refractivity contribution in [2.75, 3.05) is 32.8 Å². The van der Waals surface area contributed by atoms with Gasteiger partial charge in [0.05, 0.1) is 13.2 Å². The van der Waals surface area contributed by atoms with Crippen molar-refractivity contribution in [3.05, 3.63) is 0 Å². The highest BCUT2D eigenvalue weighted by Gasteiger charge is 2.12. The molecule has 0 aromatic heterocycles. The molecule has 0 bridgehead atoms. The maximum Gasteiger partial charge on any atom is 0.0593 e. The Morgan fingerprint density at radius 2 is 1.71 bits per heavy atom. The molecule has 1 saturated heterocycles. The Balaban J connectivity index is 1.97. The van der Waals surface area contributed by atoms with Crippen LogP contribution in [-0.4, -0.2) is 37.7 Å². The van der Waals surface area contributed by atoms with E-state index in [1.54, 1.807) is 0 Å². The van der Waals surface area contributed by atoms with Crippen LogP contribution in [0.3, 0.4) is 0 Å². The normalized spacial score (nSPS) is 19.9. The van der Waals surface area contributed by atoms with E-state index >= 15 is 0 Å². The molecule has 0 amide bonds. The molecular formula is C12H25NO. The van der Waals surface area contributed by atoms with Gasteiger partial charge in [-0.3, -0.25) is 0 Å². The SMILES string of the molecule is CC(C)(C)COCCN1CCCCC1. The van der Waals surface area contributed by atoms with Crippen LogP contribution in [0.4, 0.5) is 0 Å². The summed E-state index contributed by atoms with van der Waals surface area (Å²) in [6, 6.07) is 0. The highest BCUT2D eigenvalue weighted by atomic mass is 16.5. The van der Waals surface area contributed by atoms with E-state index in [4.69, 9.17) is 4.74 Å². The zero-order valence-electron chi connectivity index (χ0n) is 10.0. The molecule has 0 aromatic rings. The maximum absolute atomic E-state index is 5.66. The van der Waals surface area contributed by atoms with Crippen molar-refractivity contribution in [2.24, 2.45) is 5.41 Å². The number of hydrogen-bond donors (Lipinski definition) is 0. The molecule has 0 saturated carbocycles. The smallest absolute Gasteiger partial charge is 0.0593 e. The van der Waals surface area contributed by atoms with Gasteiger partial charge in [-0.1, -0.05) is 27.2 Å². The Labute approximate surface area is 88.6 Å². The summed E-state index contributed by atoms with van der Waals surface area (Å²) < 4.78 is 5.66. The Kier molecular flexibility index (Phi) is 4.90. The largest absolute Gasteiger partial charge is 0.380 e. The fourth-order valence-corrected chi connectivity index (χ4v) is 1.76. The summed E-state index contributed by atoms with van der Waals surface area (Å²) >= 11 is 0. The summed E-state index contributed by atoms with van der Waals surface area (Å²) in [5, 5.41) is 0. The van der Waals surface area contributed by atoms with Crippen molar-refractivity contribution < 1.29 is 4.74 Å². The first-order valence-electron chi connectivity index (χ1n) is 5.88. The van der Waals surface area contributed by atoms with Crippen LogP contribution in [0.5, 0.6) is 0 Å². The van der Waals surface area contributed by atoms with Gasteiger partial charge in [0.15, 0.2) is 0 Å². The predicted octanol–water partition coefficient (Wildman–Crippen LogP) is 2.54. The Hall–Kier alpha value is -0.0800. The van der Waals surface area contributed by atoms with E-state index in [-0.39, 0.29) is 0 Å². The van der Waals surface area contributed by atoms with Gasteiger partial charge in [0.25, 0.3) is 0 Å². The molecule has 1 rings (SSSR count). The first-order chi connectivity index (χ1) is 6.58. The van der Waals surface area contributed by atoms with Crippen LogP contribution in [0.25, 0.3) is 0 Å². The highest BCUT2D eigenvalue weighted by Crippen LogP contribution is 2.13. The fourth-order valence-electron chi connectivity index (χ4n) is 1.76. The molecule has 1 fully saturated rings. The number of nitrogens with zero attached hydrogens (tertiary/aromatic N) is 1. The van der Waals surface area contributed by atoms with Crippen LogP contribution >= 0.6 is 0 Å². The van der Waals surface area contributed by atoms with E-state index in [2.05, 4.69) is 25.7 Å². The molecule has 1 aliphatic heterocycles. The van der Waals surface area contributed by atoms with E-state index in [1.165, 1.54) is 32.4 Å². The third-order valence-electron chi connectivity index (χ3n) is 2.54. The summed E-state index contributed by atoms with van der Waals surface area (Å²) in [4.78, 5) is 2.52. The molecule has 0 atom stereocenters. The third-order valence-corrected chi connectivity index (χ3v) is 2.54. The maximum atomic E-state index is 5.66. The first kappa shape index (κ1) is 12.0. The number of rotatable bonds is 4. The van der Waals surface area contributed by atoms with Crippen LogP contribution in [-0.2, 0) is 4.74 Å². The summed E-state index contributed by atoms with van der Waals surface area (Å²) in [7, 11) is 0. The Bertz CT molecular complexity index is 145. The summed E-state index contributed by atoms with van der Waals surface area (Å²) in [6.45, 7) is 12.1. The molecule has 14 heavy (non-hydrogen) atoms. The van der Waals surface area contributed by atoms with Gasteiger partial charge in [0.1, 0.15) is 0 Å². The van der Waals surface area contributed by atoms with Crippen LogP contribution in [0, 0.1) is 5.41 Å². The summed E-state index contributed by atoms with van der Waals surface area (Å²) in [5.74, 6) is 0. The average molecular weight is 199 g/mol. The van der Waals surface area contributed by atoms with E-state index in [0.29, 0.717) is 5.41 Å². The summed E-state index contributed by atoms with van der Waals surface area (Å²) in [6.07, 6.45) is 4.16. The first-order valence-corrected chi connectivity index (χ1v) is 5.88. The van der Waals surface area contributed by atoms with Gasteiger partial charge in [-0.25, -0.2) is 0 Å². The van der Waals surface area contributed by atoms with Gasteiger partial charge in [-0.05, 0) is 31.3 Å². The molecule has 2 heteroatoms. The molecular weight excluding hydrogens is 174 g/mol. The molecule has 0 radical (unpaired) electrons. The number of likely N-dealkylation sites (tertiary alicyclic amines) is 1. The second-order valence-electron chi connectivity index (χ2n) is 5.52. The van der Waals surface area contributed by atoms with E-state index in [9.17, 15) is 0 Å². The van der Waals surface area contributed by atoms with Crippen molar-refractivity contribution in [1.82, 2.24) is 4.90 Å². The summed E-state index contributed by atoms with van der Waals surface area (Å²) in [5.41, 5.74) is 0.307. The number of ether oxygens (including phenoxy) is 1. The van der Waals surface area contributed by atoms with Gasteiger partial charge < -0.3 is 9.64 Å². The van der Waals surface area contributed by atoms with Gasteiger partial charge in [-0.15, -0.1) is 0 Å². The molecule has 0 aliphatic carbocycles. The van der Waals surface area contributed by atoms with Gasteiger partial charge in [0.2, 0.25) is 0 Å². The second kappa shape index (κ2) is 5.72. The van der Waals surface area contributed by atoms with E-state index in [0.717, 1.165) is 19.8 Å². The topological polar surface area (TPSA) is 12.5 Å². The lowest BCUT2D eigenvalue weighted by atomic mass is 9.99. The van der Waals surface area contributed by atoms with Gasteiger partial charge >= 0.3 is 0 Å². The van der Waals surface area contributed by atoms with Gasteiger partial charge in [0, 0.05) is 6.54 Å². The number of hydrogen-bond acceptors (Lipinski definition) is 2. The zero-order valence-corrected chi connectivity index (χ0v) is 10.0. The van der Waals surface area contributed by atoms with Crippen LogP contribution in [0.15, 0.2) is 0 Å². The second-order valence-corrected chi connectivity index (χ2v) is 5.52. The molecule has 84 valence electrons. The zero-order chi connectivity index (χ0) is 10.4. The standard InChI is InChI=1S/C12H25NO/c1-12(2,3)11-14-10-9-13-7-5-4-6-8-13/h4-11H2,1-3H3. The van der Waals surface area contributed by atoms with Crippen molar-refractivity contribution in [3.63, 3.8) is 0 Å². The molecule has 0 spiro atoms. The molecule has 0 unspecified atom stereocenters. The Morgan fingerprint density at radius 3 is 2.29 bits per heavy atom. The molecule has 0 N–H and O–H groups in total. The minimum atomic E-state index is 0.307. The van der Waals surface area contributed by atoms with Gasteiger partial charge in [-0.2, -0.15) is 0 Å². The molecule has 1 aliphatic rings. The van der Waals surface area contributed by atoms with Crippen LogP contribution < -0.4 is 0 Å². The van der Waals surface area contributed by atoms with E-state index in [1.807, 2.05) is 0 Å². The molecule has 1 heterocycles. The lowest BCUT2D eigenvalue weighted by Gasteiger charge is -2.27. The minimum Gasteiger partial charge on any atom is -0.380 e.